The van der Waals surface area contributed by atoms with Crippen LogP contribution in [0, 0.1) is 11.8 Å². The highest BCUT2D eigenvalue weighted by Gasteiger charge is 2.25. The minimum absolute atomic E-state index is 0.775. The van der Waals surface area contributed by atoms with Gasteiger partial charge >= 0.3 is 0 Å². The molecule has 2 fully saturated rings. The van der Waals surface area contributed by atoms with Crippen LogP contribution in [-0.2, 0) is 17.8 Å². The van der Waals surface area contributed by atoms with Gasteiger partial charge in [0.15, 0.2) is 5.96 Å². The highest BCUT2D eigenvalue weighted by atomic mass is 16.5. The van der Waals surface area contributed by atoms with Gasteiger partial charge in [0.1, 0.15) is 0 Å². The third kappa shape index (κ3) is 5.94. The molecule has 150 valence electrons. The number of nitrogens with one attached hydrogen (secondary N) is 1. The molecule has 0 saturated carbocycles. The third-order valence-electron chi connectivity index (χ3n) is 5.65. The summed E-state index contributed by atoms with van der Waals surface area (Å²) in [6.07, 6.45) is 2.60. The largest absolute Gasteiger partial charge is 0.379 e. The van der Waals surface area contributed by atoms with Crippen LogP contribution in [0.15, 0.2) is 29.3 Å². The van der Waals surface area contributed by atoms with E-state index in [0.29, 0.717) is 0 Å². The number of nitrogens with zero attached hydrogens (tertiary/aromatic N) is 3. The molecule has 2 aliphatic heterocycles. The summed E-state index contributed by atoms with van der Waals surface area (Å²) < 4.78 is 5.48. The molecule has 2 aliphatic rings. The lowest BCUT2D eigenvalue weighted by molar-refractivity contribution is 0.0341. The van der Waals surface area contributed by atoms with Gasteiger partial charge in [-0.25, -0.2) is 0 Å². The normalized spacial score (nSPS) is 21.9. The van der Waals surface area contributed by atoms with Crippen molar-refractivity contribution in [3.63, 3.8) is 0 Å². The van der Waals surface area contributed by atoms with Crippen molar-refractivity contribution >= 4 is 5.96 Å². The average Bonchev–Trinajstić information content (AvgIpc) is 3.12. The minimum Gasteiger partial charge on any atom is -0.379 e. The van der Waals surface area contributed by atoms with Crippen LogP contribution >= 0.6 is 0 Å². The summed E-state index contributed by atoms with van der Waals surface area (Å²) in [6, 6.07) is 8.77. The molecule has 5 heteroatoms. The van der Waals surface area contributed by atoms with Gasteiger partial charge in [0, 0.05) is 46.3 Å². The van der Waals surface area contributed by atoms with E-state index in [1.165, 1.54) is 24.0 Å². The van der Waals surface area contributed by atoms with E-state index in [1.54, 1.807) is 0 Å². The maximum Gasteiger partial charge on any atom is 0.193 e. The van der Waals surface area contributed by atoms with E-state index in [-0.39, 0.29) is 0 Å². The Balaban J connectivity index is 1.55. The minimum atomic E-state index is 0.775. The van der Waals surface area contributed by atoms with Crippen molar-refractivity contribution in [2.24, 2.45) is 16.8 Å². The molecular formula is C22H36N4O. The fourth-order valence-corrected chi connectivity index (χ4v) is 4.28. The molecule has 1 atom stereocenters. The van der Waals surface area contributed by atoms with Crippen LogP contribution in [0.3, 0.4) is 0 Å². The van der Waals surface area contributed by atoms with E-state index in [1.807, 2.05) is 7.05 Å². The van der Waals surface area contributed by atoms with Gasteiger partial charge in [0.25, 0.3) is 0 Å². The van der Waals surface area contributed by atoms with E-state index in [9.17, 15) is 0 Å². The molecule has 5 nitrogen and oxygen atoms in total. The van der Waals surface area contributed by atoms with Crippen LogP contribution in [0.5, 0.6) is 0 Å². The van der Waals surface area contributed by atoms with Gasteiger partial charge in [0.2, 0.25) is 0 Å². The quantitative estimate of drug-likeness (QED) is 0.616. The first kappa shape index (κ1) is 20.2. The van der Waals surface area contributed by atoms with Crippen LogP contribution in [0.25, 0.3) is 0 Å². The number of likely N-dealkylation sites (tertiary alicyclic amines) is 1. The zero-order valence-corrected chi connectivity index (χ0v) is 17.3. The monoisotopic (exact) mass is 372 g/mol. The Labute approximate surface area is 164 Å². The van der Waals surface area contributed by atoms with Crippen LogP contribution in [0.2, 0.25) is 0 Å². The zero-order valence-electron chi connectivity index (χ0n) is 17.3. The van der Waals surface area contributed by atoms with Gasteiger partial charge in [-0.3, -0.25) is 9.89 Å². The molecule has 2 heterocycles. The molecule has 0 aliphatic carbocycles. The lowest BCUT2D eigenvalue weighted by Crippen LogP contribution is -2.40. The molecule has 0 radical (unpaired) electrons. The first-order valence-electron chi connectivity index (χ1n) is 10.5. The lowest BCUT2D eigenvalue weighted by atomic mass is 9.97. The molecule has 0 bridgehead atoms. The topological polar surface area (TPSA) is 40.1 Å². The highest BCUT2D eigenvalue weighted by molar-refractivity contribution is 5.80. The summed E-state index contributed by atoms with van der Waals surface area (Å²) in [5, 5.41) is 3.61. The summed E-state index contributed by atoms with van der Waals surface area (Å²) in [5.41, 5.74) is 2.77. The number of benzene rings is 1. The Hall–Kier alpha value is -1.59. The molecule has 0 aromatic heterocycles. The predicted molar refractivity (Wildman–Crippen MR) is 112 cm³/mol. The van der Waals surface area contributed by atoms with Crippen molar-refractivity contribution in [1.82, 2.24) is 15.1 Å². The number of hydrogen-bond acceptors (Lipinski definition) is 3. The van der Waals surface area contributed by atoms with Gasteiger partial charge in [-0.2, -0.15) is 0 Å². The van der Waals surface area contributed by atoms with Crippen molar-refractivity contribution in [3.8, 4) is 0 Å². The number of morpholine rings is 1. The fraction of sp³-hybridized carbons (Fsp3) is 0.682. The maximum absolute atomic E-state index is 5.48. The molecule has 0 amide bonds. The highest BCUT2D eigenvalue weighted by Crippen LogP contribution is 2.23. The van der Waals surface area contributed by atoms with Gasteiger partial charge < -0.3 is 15.0 Å². The van der Waals surface area contributed by atoms with Crippen molar-refractivity contribution in [2.45, 2.75) is 39.8 Å². The zero-order chi connectivity index (χ0) is 19.1. The summed E-state index contributed by atoms with van der Waals surface area (Å²) in [7, 11) is 1.90. The summed E-state index contributed by atoms with van der Waals surface area (Å²) >= 11 is 0. The standard InChI is InChI=1S/C22H36N4O/c1-18(2)14-19-8-9-26(16-19)22(23-3)24-15-20-6-4-5-7-21(20)17-25-10-12-27-13-11-25/h4-7,18-19H,8-17H2,1-3H3,(H,23,24). The molecule has 27 heavy (non-hydrogen) atoms. The van der Waals surface area contributed by atoms with Gasteiger partial charge in [0.05, 0.1) is 13.2 Å². The Morgan fingerprint density at radius 3 is 2.63 bits per heavy atom. The van der Waals surface area contributed by atoms with E-state index in [2.05, 4.69) is 58.2 Å². The van der Waals surface area contributed by atoms with Crippen molar-refractivity contribution in [2.75, 3.05) is 46.4 Å². The second kappa shape index (κ2) is 10.1. The number of rotatable bonds is 6. The Bertz CT molecular complexity index is 610. The number of aliphatic imine (C=N–C) groups is 1. The predicted octanol–water partition coefficient (Wildman–Crippen LogP) is 2.96. The summed E-state index contributed by atoms with van der Waals surface area (Å²) in [6.45, 7) is 12.5. The second-order valence-corrected chi connectivity index (χ2v) is 8.29. The smallest absolute Gasteiger partial charge is 0.193 e. The first-order chi connectivity index (χ1) is 13.2. The van der Waals surface area contributed by atoms with Crippen LogP contribution < -0.4 is 5.32 Å². The maximum atomic E-state index is 5.48. The number of ether oxygens (including phenoxy) is 1. The Morgan fingerprint density at radius 1 is 1.19 bits per heavy atom. The number of hydrogen-bond donors (Lipinski definition) is 1. The molecular weight excluding hydrogens is 336 g/mol. The van der Waals surface area contributed by atoms with E-state index >= 15 is 0 Å². The molecule has 1 N–H and O–H groups in total. The van der Waals surface area contributed by atoms with Crippen molar-refractivity contribution in [3.05, 3.63) is 35.4 Å². The van der Waals surface area contributed by atoms with Gasteiger partial charge in [-0.1, -0.05) is 38.1 Å². The molecule has 1 unspecified atom stereocenters. The number of guanidine groups is 1. The van der Waals surface area contributed by atoms with Crippen molar-refractivity contribution < 1.29 is 4.74 Å². The average molecular weight is 373 g/mol. The molecule has 2 saturated heterocycles. The van der Waals surface area contributed by atoms with E-state index < -0.39 is 0 Å². The summed E-state index contributed by atoms with van der Waals surface area (Å²) in [4.78, 5) is 9.46. The lowest BCUT2D eigenvalue weighted by Gasteiger charge is -2.28. The van der Waals surface area contributed by atoms with E-state index in [0.717, 1.165) is 70.3 Å². The van der Waals surface area contributed by atoms with Gasteiger partial charge in [-0.05, 0) is 35.8 Å². The van der Waals surface area contributed by atoms with E-state index in [4.69, 9.17) is 4.74 Å². The van der Waals surface area contributed by atoms with Crippen LogP contribution in [0.4, 0.5) is 0 Å². The molecule has 0 spiro atoms. The summed E-state index contributed by atoms with van der Waals surface area (Å²) in [5.74, 6) is 2.62. The molecule has 1 aromatic carbocycles. The fourth-order valence-electron chi connectivity index (χ4n) is 4.28. The van der Waals surface area contributed by atoms with Crippen molar-refractivity contribution in [1.29, 1.82) is 0 Å². The third-order valence-corrected chi connectivity index (χ3v) is 5.65. The van der Waals surface area contributed by atoms with Gasteiger partial charge in [-0.15, -0.1) is 0 Å². The Morgan fingerprint density at radius 2 is 1.93 bits per heavy atom. The SMILES string of the molecule is CN=C(NCc1ccccc1CN1CCOCC1)N1CCC(CC(C)C)C1. The second-order valence-electron chi connectivity index (χ2n) is 8.29. The van der Waals surface area contributed by atoms with Crippen LogP contribution in [0.1, 0.15) is 37.8 Å². The first-order valence-corrected chi connectivity index (χ1v) is 10.5. The molecule has 1 aromatic rings. The van der Waals surface area contributed by atoms with Crippen LogP contribution in [-0.4, -0.2) is 62.2 Å². The Kier molecular flexibility index (Phi) is 7.53. The molecule has 3 rings (SSSR count).